The molecule has 1 atom stereocenters. The lowest BCUT2D eigenvalue weighted by molar-refractivity contribution is 0.274. The van der Waals surface area contributed by atoms with Crippen LogP contribution in [0.25, 0.3) is 0 Å². The highest BCUT2D eigenvalue weighted by Gasteiger charge is 2.24. The second-order valence-electron chi connectivity index (χ2n) is 5.78. The standard InChI is InChI=1S/C17H27N/c1-4-18-17(15-8-6-5-7-9-15)16-11-10-13(2)14(3)12-16/h10-12,15,17-18H,4-9H2,1-3H3. The number of benzene rings is 1. The summed E-state index contributed by atoms with van der Waals surface area (Å²) in [6.45, 7) is 7.70. The van der Waals surface area contributed by atoms with Gasteiger partial charge in [0, 0.05) is 6.04 Å². The van der Waals surface area contributed by atoms with Crippen LogP contribution < -0.4 is 5.32 Å². The molecule has 18 heavy (non-hydrogen) atoms. The maximum absolute atomic E-state index is 3.72. The lowest BCUT2D eigenvalue weighted by Gasteiger charge is -2.31. The number of hydrogen-bond donors (Lipinski definition) is 1. The molecule has 0 spiro atoms. The summed E-state index contributed by atoms with van der Waals surface area (Å²) < 4.78 is 0. The van der Waals surface area contributed by atoms with Crippen LogP contribution in [0.1, 0.15) is 61.8 Å². The van der Waals surface area contributed by atoms with E-state index >= 15 is 0 Å². The molecular formula is C17H27N. The van der Waals surface area contributed by atoms with E-state index in [1.54, 1.807) is 0 Å². The van der Waals surface area contributed by atoms with Crippen LogP contribution in [0.3, 0.4) is 0 Å². The van der Waals surface area contributed by atoms with E-state index in [1.807, 2.05) is 0 Å². The summed E-state index contributed by atoms with van der Waals surface area (Å²) in [5.41, 5.74) is 4.32. The van der Waals surface area contributed by atoms with Gasteiger partial charge in [-0.25, -0.2) is 0 Å². The first-order valence-corrected chi connectivity index (χ1v) is 7.53. The average molecular weight is 245 g/mol. The fourth-order valence-corrected chi connectivity index (χ4v) is 3.20. The molecule has 1 saturated carbocycles. The first kappa shape index (κ1) is 13.6. The van der Waals surface area contributed by atoms with Gasteiger partial charge in [-0.2, -0.15) is 0 Å². The van der Waals surface area contributed by atoms with Crippen LogP contribution in [-0.4, -0.2) is 6.54 Å². The van der Waals surface area contributed by atoms with Crippen LogP contribution in [0, 0.1) is 19.8 Å². The first-order valence-electron chi connectivity index (χ1n) is 7.53. The van der Waals surface area contributed by atoms with Crippen molar-refractivity contribution in [3.05, 3.63) is 34.9 Å². The number of nitrogens with one attached hydrogen (secondary N) is 1. The Hall–Kier alpha value is -0.820. The Labute approximate surface area is 112 Å². The monoisotopic (exact) mass is 245 g/mol. The lowest BCUT2D eigenvalue weighted by Crippen LogP contribution is -2.29. The molecule has 0 aromatic heterocycles. The second kappa shape index (κ2) is 6.38. The van der Waals surface area contributed by atoms with E-state index in [2.05, 4.69) is 44.3 Å². The molecule has 1 aliphatic carbocycles. The summed E-state index contributed by atoms with van der Waals surface area (Å²) in [5.74, 6) is 0.834. The zero-order valence-corrected chi connectivity index (χ0v) is 12.1. The highest BCUT2D eigenvalue weighted by atomic mass is 14.9. The molecule has 1 nitrogen and oxygen atoms in total. The van der Waals surface area contributed by atoms with Crippen LogP contribution in [0.2, 0.25) is 0 Å². The van der Waals surface area contributed by atoms with Crippen molar-refractivity contribution >= 4 is 0 Å². The van der Waals surface area contributed by atoms with Gasteiger partial charge in [0.15, 0.2) is 0 Å². The van der Waals surface area contributed by atoms with Crippen molar-refractivity contribution in [2.45, 2.75) is 58.9 Å². The number of hydrogen-bond acceptors (Lipinski definition) is 1. The SMILES string of the molecule is CCNC(c1ccc(C)c(C)c1)C1CCCCC1. The van der Waals surface area contributed by atoms with Crippen LogP contribution >= 0.6 is 0 Å². The molecule has 0 amide bonds. The van der Waals surface area contributed by atoms with E-state index in [-0.39, 0.29) is 0 Å². The molecule has 2 rings (SSSR count). The Kier molecular flexibility index (Phi) is 4.82. The van der Waals surface area contributed by atoms with Gasteiger partial charge in [0.25, 0.3) is 0 Å². The zero-order valence-electron chi connectivity index (χ0n) is 12.1. The molecule has 100 valence electrons. The largest absolute Gasteiger partial charge is 0.310 e. The zero-order chi connectivity index (χ0) is 13.0. The molecule has 1 N–H and O–H groups in total. The third kappa shape index (κ3) is 3.14. The minimum atomic E-state index is 0.564. The number of rotatable bonds is 4. The molecule has 0 heterocycles. The molecule has 1 heteroatoms. The fourth-order valence-electron chi connectivity index (χ4n) is 3.20. The second-order valence-corrected chi connectivity index (χ2v) is 5.78. The van der Waals surface area contributed by atoms with Gasteiger partial charge in [0.2, 0.25) is 0 Å². The summed E-state index contributed by atoms with van der Waals surface area (Å²) >= 11 is 0. The predicted octanol–water partition coefficient (Wildman–Crippen LogP) is 4.53. The quantitative estimate of drug-likeness (QED) is 0.821. The van der Waals surface area contributed by atoms with Gasteiger partial charge in [0.05, 0.1) is 0 Å². The van der Waals surface area contributed by atoms with Crippen molar-refractivity contribution in [2.24, 2.45) is 5.92 Å². The van der Waals surface area contributed by atoms with E-state index < -0.39 is 0 Å². The van der Waals surface area contributed by atoms with Crippen molar-refractivity contribution in [1.82, 2.24) is 5.32 Å². The first-order chi connectivity index (χ1) is 8.72. The summed E-state index contributed by atoms with van der Waals surface area (Å²) in [4.78, 5) is 0. The van der Waals surface area contributed by atoms with Crippen LogP contribution in [0.15, 0.2) is 18.2 Å². The topological polar surface area (TPSA) is 12.0 Å². The van der Waals surface area contributed by atoms with Gasteiger partial charge in [-0.05, 0) is 55.8 Å². The average Bonchev–Trinajstić information content (AvgIpc) is 2.40. The van der Waals surface area contributed by atoms with E-state index in [0.29, 0.717) is 6.04 Å². The van der Waals surface area contributed by atoms with Gasteiger partial charge in [0.1, 0.15) is 0 Å². The predicted molar refractivity (Wildman–Crippen MR) is 78.9 cm³/mol. The Morgan fingerprint density at radius 2 is 1.83 bits per heavy atom. The lowest BCUT2D eigenvalue weighted by atomic mass is 9.80. The Bertz CT molecular complexity index is 377. The molecule has 0 bridgehead atoms. The van der Waals surface area contributed by atoms with E-state index in [1.165, 1.54) is 48.8 Å². The summed E-state index contributed by atoms with van der Waals surface area (Å²) in [6, 6.07) is 7.55. The molecule has 0 aliphatic heterocycles. The summed E-state index contributed by atoms with van der Waals surface area (Å²) in [5, 5.41) is 3.72. The maximum Gasteiger partial charge on any atom is 0.0348 e. The van der Waals surface area contributed by atoms with Gasteiger partial charge >= 0.3 is 0 Å². The van der Waals surface area contributed by atoms with Crippen molar-refractivity contribution in [1.29, 1.82) is 0 Å². The maximum atomic E-state index is 3.72. The fraction of sp³-hybridized carbons (Fsp3) is 0.647. The summed E-state index contributed by atoms with van der Waals surface area (Å²) in [6.07, 6.45) is 7.05. The Balaban J connectivity index is 2.19. The van der Waals surface area contributed by atoms with Gasteiger partial charge in [-0.15, -0.1) is 0 Å². The molecular weight excluding hydrogens is 218 g/mol. The van der Waals surface area contributed by atoms with Crippen molar-refractivity contribution < 1.29 is 0 Å². The highest BCUT2D eigenvalue weighted by Crippen LogP contribution is 2.34. The van der Waals surface area contributed by atoms with Crippen molar-refractivity contribution in [2.75, 3.05) is 6.54 Å². The molecule has 1 aliphatic rings. The highest BCUT2D eigenvalue weighted by molar-refractivity contribution is 5.32. The van der Waals surface area contributed by atoms with E-state index in [0.717, 1.165) is 12.5 Å². The number of aryl methyl sites for hydroxylation is 2. The van der Waals surface area contributed by atoms with Gasteiger partial charge in [-0.1, -0.05) is 44.4 Å². The van der Waals surface area contributed by atoms with E-state index in [4.69, 9.17) is 0 Å². The van der Waals surface area contributed by atoms with Gasteiger partial charge in [-0.3, -0.25) is 0 Å². The molecule has 0 saturated heterocycles. The molecule has 1 aromatic carbocycles. The van der Waals surface area contributed by atoms with Gasteiger partial charge < -0.3 is 5.32 Å². The Morgan fingerprint density at radius 1 is 1.11 bits per heavy atom. The third-order valence-corrected chi connectivity index (χ3v) is 4.44. The minimum Gasteiger partial charge on any atom is -0.310 e. The molecule has 1 fully saturated rings. The normalized spacial score (nSPS) is 18.8. The minimum absolute atomic E-state index is 0.564. The molecule has 1 aromatic rings. The summed E-state index contributed by atoms with van der Waals surface area (Å²) in [7, 11) is 0. The van der Waals surface area contributed by atoms with Crippen molar-refractivity contribution in [3.63, 3.8) is 0 Å². The van der Waals surface area contributed by atoms with E-state index in [9.17, 15) is 0 Å². The van der Waals surface area contributed by atoms with Crippen molar-refractivity contribution in [3.8, 4) is 0 Å². The van der Waals surface area contributed by atoms with Crippen LogP contribution in [0.5, 0.6) is 0 Å². The molecule has 1 unspecified atom stereocenters. The molecule has 0 radical (unpaired) electrons. The third-order valence-electron chi connectivity index (χ3n) is 4.44. The van der Waals surface area contributed by atoms with Crippen LogP contribution in [-0.2, 0) is 0 Å². The Morgan fingerprint density at radius 3 is 2.44 bits per heavy atom. The van der Waals surface area contributed by atoms with Crippen LogP contribution in [0.4, 0.5) is 0 Å². The smallest absolute Gasteiger partial charge is 0.0348 e.